The summed E-state index contributed by atoms with van der Waals surface area (Å²) in [6, 6.07) is 29.8. The molecule has 1 aliphatic rings. The molecule has 1 atom stereocenters. The van der Waals surface area contributed by atoms with Crippen molar-refractivity contribution in [1.29, 1.82) is 0 Å². The third-order valence-electron chi connectivity index (χ3n) is 6.71. The van der Waals surface area contributed by atoms with Gasteiger partial charge in [-0.1, -0.05) is 78.9 Å². The maximum Gasteiger partial charge on any atom is 0.321 e. The van der Waals surface area contributed by atoms with E-state index in [4.69, 9.17) is 4.99 Å². The molecule has 0 saturated heterocycles. The van der Waals surface area contributed by atoms with Crippen LogP contribution in [0.4, 0.5) is 21.9 Å². The van der Waals surface area contributed by atoms with Gasteiger partial charge in [0.05, 0.1) is 17.9 Å². The molecule has 0 fully saturated rings. The van der Waals surface area contributed by atoms with E-state index >= 15 is 0 Å². The summed E-state index contributed by atoms with van der Waals surface area (Å²) in [6.07, 6.45) is -1.34. The summed E-state index contributed by atoms with van der Waals surface area (Å²) < 4.78 is 0. The minimum atomic E-state index is -1.34. The molecular weight excluding hydrogens is 530 g/mol. The number of benzene rings is 4. The van der Waals surface area contributed by atoms with E-state index in [9.17, 15) is 19.2 Å². The molecule has 3 N–H and O–H groups in total. The van der Waals surface area contributed by atoms with Crippen LogP contribution in [0.1, 0.15) is 34.0 Å². The molecule has 0 radical (unpaired) electrons. The molecule has 1 aliphatic heterocycles. The molecule has 210 valence electrons. The van der Waals surface area contributed by atoms with Crippen LogP contribution in [0.15, 0.2) is 108 Å². The highest BCUT2D eigenvalue weighted by Crippen LogP contribution is 2.29. The van der Waals surface area contributed by atoms with Crippen molar-refractivity contribution in [2.45, 2.75) is 20.0 Å². The van der Waals surface area contributed by atoms with E-state index in [1.807, 2.05) is 61.5 Å². The molecule has 9 nitrogen and oxygen atoms in total. The second kappa shape index (κ2) is 12.3. The number of carbonyl (C=O) groups is 4. The average molecular weight is 560 g/mol. The van der Waals surface area contributed by atoms with Gasteiger partial charge in [0, 0.05) is 35.0 Å². The fourth-order valence-electron chi connectivity index (χ4n) is 4.80. The Hall–Kier alpha value is -5.57. The molecule has 42 heavy (non-hydrogen) atoms. The molecule has 4 aromatic carbocycles. The summed E-state index contributed by atoms with van der Waals surface area (Å²) >= 11 is 0. The average Bonchev–Trinajstić information content (AvgIpc) is 3.08. The highest BCUT2D eigenvalue weighted by atomic mass is 16.2. The van der Waals surface area contributed by atoms with Crippen LogP contribution < -0.4 is 20.9 Å². The number of hydrogen-bond donors (Lipinski definition) is 3. The lowest BCUT2D eigenvalue weighted by atomic mass is 9.99. The number of urea groups is 1. The number of ketones is 1. The third kappa shape index (κ3) is 6.26. The van der Waals surface area contributed by atoms with Crippen molar-refractivity contribution in [3.05, 3.63) is 125 Å². The van der Waals surface area contributed by atoms with Crippen molar-refractivity contribution in [3.63, 3.8) is 0 Å². The maximum absolute atomic E-state index is 14.1. The first-order chi connectivity index (χ1) is 20.3. The number of hydrogen-bond acceptors (Lipinski definition) is 5. The quantitative estimate of drug-likeness (QED) is 0.271. The van der Waals surface area contributed by atoms with Crippen molar-refractivity contribution in [2.75, 3.05) is 22.1 Å². The minimum Gasteiger partial charge on any atom is -0.326 e. The van der Waals surface area contributed by atoms with Crippen molar-refractivity contribution in [2.24, 2.45) is 4.99 Å². The lowest BCUT2D eigenvalue weighted by Crippen LogP contribution is -2.50. The van der Waals surface area contributed by atoms with E-state index in [1.165, 1.54) is 11.8 Å². The SMILES string of the molecule is CC(=O)Nc1cccc(NC(=O)N[C@@H]2N=C(c3ccccc3)c3ccccc3N(CC(=O)c3ccccc3C)C2=O)c1. The van der Waals surface area contributed by atoms with E-state index < -0.39 is 18.1 Å². The van der Waals surface area contributed by atoms with Gasteiger partial charge in [-0.25, -0.2) is 9.79 Å². The first kappa shape index (κ1) is 28.0. The number of Topliss-reactive ketones (excluding diaryl/α,β-unsaturated/α-hetero) is 1. The Morgan fingerprint density at radius 1 is 0.810 bits per heavy atom. The highest BCUT2D eigenvalue weighted by molar-refractivity contribution is 6.21. The van der Waals surface area contributed by atoms with Gasteiger partial charge < -0.3 is 20.9 Å². The third-order valence-corrected chi connectivity index (χ3v) is 6.71. The largest absolute Gasteiger partial charge is 0.326 e. The number of amides is 4. The lowest BCUT2D eigenvalue weighted by molar-refractivity contribution is -0.120. The number of anilines is 3. The van der Waals surface area contributed by atoms with E-state index in [-0.39, 0.29) is 18.2 Å². The summed E-state index contributed by atoms with van der Waals surface area (Å²) in [4.78, 5) is 58.3. The Balaban J connectivity index is 1.50. The van der Waals surface area contributed by atoms with Crippen LogP contribution in [0.2, 0.25) is 0 Å². The molecule has 4 aromatic rings. The molecule has 0 unspecified atom stereocenters. The van der Waals surface area contributed by atoms with Crippen molar-refractivity contribution < 1.29 is 19.2 Å². The van der Waals surface area contributed by atoms with E-state index in [1.54, 1.807) is 48.5 Å². The van der Waals surface area contributed by atoms with Crippen LogP contribution in [0.5, 0.6) is 0 Å². The molecular formula is C33H29N5O4. The van der Waals surface area contributed by atoms with Crippen molar-refractivity contribution >= 4 is 46.4 Å². The summed E-state index contributed by atoms with van der Waals surface area (Å²) in [7, 11) is 0. The van der Waals surface area contributed by atoms with Gasteiger partial charge in [0.15, 0.2) is 5.78 Å². The Morgan fingerprint density at radius 3 is 2.21 bits per heavy atom. The fourth-order valence-corrected chi connectivity index (χ4v) is 4.80. The topological polar surface area (TPSA) is 120 Å². The predicted octanol–water partition coefficient (Wildman–Crippen LogP) is 5.17. The Morgan fingerprint density at radius 2 is 1.48 bits per heavy atom. The number of aryl methyl sites for hydroxylation is 1. The van der Waals surface area contributed by atoms with Gasteiger partial charge in [-0.15, -0.1) is 0 Å². The number of carbonyl (C=O) groups excluding carboxylic acids is 4. The molecule has 9 heteroatoms. The van der Waals surface area contributed by atoms with Crippen LogP contribution in [0.25, 0.3) is 0 Å². The maximum atomic E-state index is 14.1. The zero-order valence-corrected chi connectivity index (χ0v) is 23.1. The number of aliphatic imine (C=N–C) groups is 1. The smallest absolute Gasteiger partial charge is 0.321 e. The predicted molar refractivity (Wildman–Crippen MR) is 163 cm³/mol. The standard InChI is InChI=1S/C33H29N5O4/c1-21-11-6-7-16-26(21)29(40)20-38-28-18-9-8-17-27(28)30(23-12-4-3-5-13-23)36-31(32(38)41)37-33(42)35-25-15-10-14-24(19-25)34-22(2)39/h3-19,31H,20H2,1-2H3,(H,34,39)(H2,35,37,42)/t31-/m0/s1. The summed E-state index contributed by atoms with van der Waals surface area (Å²) in [5, 5.41) is 8.04. The fraction of sp³-hybridized carbons (Fsp3) is 0.121. The molecule has 1 heterocycles. The molecule has 0 spiro atoms. The normalized spacial score (nSPS) is 14.2. The van der Waals surface area contributed by atoms with Crippen LogP contribution in [-0.4, -0.2) is 42.1 Å². The van der Waals surface area contributed by atoms with Gasteiger partial charge in [-0.3, -0.25) is 14.4 Å². The zero-order chi connectivity index (χ0) is 29.6. The number of nitrogens with zero attached hydrogens (tertiary/aromatic N) is 2. The number of benzodiazepines with no additional fused rings is 1. The first-order valence-corrected chi connectivity index (χ1v) is 13.4. The Bertz CT molecular complexity index is 1700. The van der Waals surface area contributed by atoms with Crippen LogP contribution in [-0.2, 0) is 9.59 Å². The van der Waals surface area contributed by atoms with Crippen molar-refractivity contribution in [3.8, 4) is 0 Å². The molecule has 0 saturated carbocycles. The van der Waals surface area contributed by atoms with E-state index in [2.05, 4.69) is 16.0 Å². The molecule has 0 bridgehead atoms. The van der Waals surface area contributed by atoms with Gasteiger partial charge in [-0.2, -0.15) is 0 Å². The van der Waals surface area contributed by atoms with Crippen LogP contribution >= 0.6 is 0 Å². The van der Waals surface area contributed by atoms with Crippen LogP contribution in [0.3, 0.4) is 0 Å². The van der Waals surface area contributed by atoms with Gasteiger partial charge in [0.2, 0.25) is 12.1 Å². The Kier molecular flexibility index (Phi) is 8.19. The van der Waals surface area contributed by atoms with Crippen molar-refractivity contribution in [1.82, 2.24) is 5.32 Å². The monoisotopic (exact) mass is 559 g/mol. The van der Waals surface area contributed by atoms with Gasteiger partial charge in [0.25, 0.3) is 5.91 Å². The first-order valence-electron chi connectivity index (χ1n) is 13.4. The number of para-hydroxylation sites is 1. The molecule has 0 aliphatic carbocycles. The molecule has 5 rings (SSSR count). The second-order valence-electron chi connectivity index (χ2n) is 9.79. The zero-order valence-electron chi connectivity index (χ0n) is 23.1. The Labute approximate surface area is 243 Å². The number of rotatable bonds is 7. The number of fused-ring (bicyclic) bond motifs is 1. The summed E-state index contributed by atoms with van der Waals surface area (Å²) in [6.45, 7) is 2.99. The van der Waals surface area contributed by atoms with E-state index in [0.717, 1.165) is 11.1 Å². The minimum absolute atomic E-state index is 0.239. The van der Waals surface area contributed by atoms with Gasteiger partial charge in [0.1, 0.15) is 0 Å². The van der Waals surface area contributed by atoms with Crippen LogP contribution in [0, 0.1) is 6.92 Å². The highest BCUT2D eigenvalue weighted by Gasteiger charge is 2.34. The lowest BCUT2D eigenvalue weighted by Gasteiger charge is -2.25. The van der Waals surface area contributed by atoms with Gasteiger partial charge in [-0.05, 0) is 36.8 Å². The van der Waals surface area contributed by atoms with Gasteiger partial charge >= 0.3 is 6.03 Å². The van der Waals surface area contributed by atoms with E-state index in [0.29, 0.717) is 33.9 Å². The second-order valence-corrected chi connectivity index (χ2v) is 9.79. The molecule has 0 aromatic heterocycles. The number of nitrogens with one attached hydrogen (secondary N) is 3. The summed E-state index contributed by atoms with van der Waals surface area (Å²) in [5.41, 5.74) is 4.64. The summed E-state index contributed by atoms with van der Waals surface area (Å²) in [5.74, 6) is -1.04. The molecule has 4 amide bonds.